The molecule has 0 spiro atoms. The second kappa shape index (κ2) is 7.37. The minimum absolute atomic E-state index is 0.208. The molecule has 2 aromatic rings. The van der Waals surface area contributed by atoms with Crippen LogP contribution in [0.2, 0.25) is 0 Å². The third-order valence-corrected chi connectivity index (χ3v) is 5.73. The first-order valence-electron chi connectivity index (χ1n) is 8.38. The predicted molar refractivity (Wildman–Crippen MR) is 98.3 cm³/mol. The smallest absolute Gasteiger partial charge is 0.263 e. The number of hydrogen-bond donors (Lipinski definition) is 1. The number of nitrogens with zero attached hydrogens (tertiary/aromatic N) is 4. The fourth-order valence-electron chi connectivity index (χ4n) is 2.76. The lowest BCUT2D eigenvalue weighted by Gasteiger charge is -2.34. The third kappa shape index (κ3) is 4.26. The van der Waals surface area contributed by atoms with E-state index in [1.807, 2.05) is 13.0 Å². The molecule has 1 aromatic heterocycles. The van der Waals surface area contributed by atoms with Gasteiger partial charge in [0, 0.05) is 26.2 Å². The summed E-state index contributed by atoms with van der Waals surface area (Å²) < 4.78 is 27.2. The van der Waals surface area contributed by atoms with Crippen molar-refractivity contribution in [1.82, 2.24) is 15.1 Å². The van der Waals surface area contributed by atoms with Crippen LogP contribution in [0.15, 0.2) is 41.3 Å². The molecular formula is C17H23N5O2S. The number of anilines is 2. The molecule has 0 bridgehead atoms. The van der Waals surface area contributed by atoms with Crippen LogP contribution in [0.3, 0.4) is 0 Å². The molecule has 0 saturated carbocycles. The maximum Gasteiger partial charge on any atom is 0.263 e. The van der Waals surface area contributed by atoms with Crippen molar-refractivity contribution >= 4 is 21.7 Å². The molecule has 7 nitrogen and oxygen atoms in total. The summed E-state index contributed by atoms with van der Waals surface area (Å²) in [5, 5.41) is 8.20. The Morgan fingerprint density at radius 2 is 1.68 bits per heavy atom. The number of rotatable bonds is 5. The second-order valence-corrected chi connectivity index (χ2v) is 7.80. The zero-order valence-electron chi connectivity index (χ0n) is 14.5. The number of benzene rings is 1. The maximum absolute atomic E-state index is 12.4. The van der Waals surface area contributed by atoms with E-state index in [9.17, 15) is 8.42 Å². The van der Waals surface area contributed by atoms with Crippen molar-refractivity contribution in [3.8, 4) is 0 Å². The fraction of sp³-hybridized carbons (Fsp3) is 0.412. The lowest BCUT2D eigenvalue weighted by Crippen LogP contribution is -2.46. The van der Waals surface area contributed by atoms with Gasteiger partial charge in [0.25, 0.3) is 10.0 Å². The molecule has 1 aromatic carbocycles. The minimum Gasteiger partial charge on any atom is -0.353 e. The Kier molecular flexibility index (Phi) is 5.19. The molecule has 0 aliphatic carbocycles. The van der Waals surface area contributed by atoms with Crippen LogP contribution in [-0.4, -0.2) is 56.2 Å². The number of hydrogen-bond acceptors (Lipinski definition) is 6. The van der Waals surface area contributed by atoms with Gasteiger partial charge in [-0.3, -0.25) is 4.72 Å². The van der Waals surface area contributed by atoms with Crippen molar-refractivity contribution in [2.75, 3.05) is 42.3 Å². The van der Waals surface area contributed by atoms with E-state index in [2.05, 4.69) is 31.6 Å². The lowest BCUT2D eigenvalue weighted by atomic mass is 10.2. The van der Waals surface area contributed by atoms with E-state index in [-0.39, 0.29) is 10.7 Å². The molecule has 25 heavy (non-hydrogen) atoms. The summed E-state index contributed by atoms with van der Waals surface area (Å²) in [7, 11) is -3.65. The summed E-state index contributed by atoms with van der Waals surface area (Å²) in [4.78, 5) is 4.76. The molecule has 1 N–H and O–H groups in total. The van der Waals surface area contributed by atoms with Gasteiger partial charge in [-0.15, -0.1) is 10.2 Å². The van der Waals surface area contributed by atoms with Gasteiger partial charge in [-0.25, -0.2) is 8.42 Å². The van der Waals surface area contributed by atoms with Crippen LogP contribution < -0.4 is 9.62 Å². The van der Waals surface area contributed by atoms with Gasteiger partial charge in [-0.05, 0) is 37.7 Å². The molecule has 8 heteroatoms. The van der Waals surface area contributed by atoms with Gasteiger partial charge < -0.3 is 9.80 Å². The van der Waals surface area contributed by atoms with Crippen LogP contribution in [0.4, 0.5) is 11.6 Å². The molecule has 1 aliphatic heterocycles. The Bertz CT molecular complexity index is 798. The van der Waals surface area contributed by atoms with Gasteiger partial charge in [0.05, 0.1) is 4.90 Å². The molecule has 1 aliphatic rings. The van der Waals surface area contributed by atoms with E-state index < -0.39 is 10.0 Å². The van der Waals surface area contributed by atoms with Crippen LogP contribution in [-0.2, 0) is 10.0 Å². The highest BCUT2D eigenvalue weighted by atomic mass is 32.2. The second-order valence-electron chi connectivity index (χ2n) is 6.12. The number of sulfonamides is 1. The molecule has 0 unspecified atom stereocenters. The lowest BCUT2D eigenvalue weighted by molar-refractivity contribution is 0.270. The summed E-state index contributed by atoms with van der Waals surface area (Å²) in [5.74, 6) is 0.991. The first-order valence-corrected chi connectivity index (χ1v) is 9.87. The SMILES string of the molecule is CCN1CCN(c2ccc(NS(=O)(=O)c3ccc(C)cc3)nn2)CC1. The number of aryl methyl sites for hydroxylation is 1. The van der Waals surface area contributed by atoms with Crippen molar-refractivity contribution in [3.05, 3.63) is 42.0 Å². The predicted octanol–water partition coefficient (Wildman–Crippen LogP) is 1.73. The monoisotopic (exact) mass is 361 g/mol. The van der Waals surface area contributed by atoms with Crippen LogP contribution in [0.5, 0.6) is 0 Å². The van der Waals surface area contributed by atoms with Gasteiger partial charge >= 0.3 is 0 Å². The quantitative estimate of drug-likeness (QED) is 0.874. The molecule has 0 amide bonds. The van der Waals surface area contributed by atoms with Crippen LogP contribution in [0.25, 0.3) is 0 Å². The molecule has 0 radical (unpaired) electrons. The van der Waals surface area contributed by atoms with Crippen LogP contribution >= 0.6 is 0 Å². The van der Waals surface area contributed by atoms with Gasteiger partial charge in [-0.1, -0.05) is 24.6 Å². The van der Waals surface area contributed by atoms with E-state index in [4.69, 9.17) is 0 Å². The number of likely N-dealkylation sites (N-methyl/N-ethyl adjacent to an activating group) is 1. The van der Waals surface area contributed by atoms with Crippen molar-refractivity contribution in [2.24, 2.45) is 0 Å². The Balaban J connectivity index is 1.67. The summed E-state index contributed by atoms with van der Waals surface area (Å²) in [6.45, 7) is 8.92. The molecular weight excluding hydrogens is 338 g/mol. The van der Waals surface area contributed by atoms with Gasteiger partial charge in [0.1, 0.15) is 0 Å². The normalized spacial score (nSPS) is 16.0. The Morgan fingerprint density at radius 1 is 1.00 bits per heavy atom. The van der Waals surface area contributed by atoms with Crippen molar-refractivity contribution in [1.29, 1.82) is 0 Å². The van der Waals surface area contributed by atoms with Gasteiger partial charge in [0.2, 0.25) is 0 Å². The minimum atomic E-state index is -3.65. The molecule has 2 heterocycles. The van der Waals surface area contributed by atoms with E-state index in [1.54, 1.807) is 30.3 Å². The zero-order valence-corrected chi connectivity index (χ0v) is 15.3. The first-order chi connectivity index (χ1) is 12.0. The highest BCUT2D eigenvalue weighted by Gasteiger charge is 2.18. The van der Waals surface area contributed by atoms with Crippen LogP contribution in [0, 0.1) is 6.92 Å². The molecule has 0 atom stereocenters. The number of aromatic nitrogens is 2. The van der Waals surface area contributed by atoms with E-state index in [1.165, 1.54) is 0 Å². The number of piperazine rings is 1. The average molecular weight is 361 g/mol. The highest BCUT2D eigenvalue weighted by molar-refractivity contribution is 7.92. The topological polar surface area (TPSA) is 78.4 Å². The van der Waals surface area contributed by atoms with Crippen molar-refractivity contribution in [2.45, 2.75) is 18.7 Å². The van der Waals surface area contributed by atoms with Crippen molar-refractivity contribution in [3.63, 3.8) is 0 Å². The summed E-state index contributed by atoms with van der Waals surface area (Å²) >= 11 is 0. The average Bonchev–Trinajstić information content (AvgIpc) is 2.62. The summed E-state index contributed by atoms with van der Waals surface area (Å²) in [5.41, 5.74) is 1.01. The highest BCUT2D eigenvalue weighted by Crippen LogP contribution is 2.17. The molecule has 134 valence electrons. The Morgan fingerprint density at radius 3 is 2.24 bits per heavy atom. The fourth-order valence-corrected chi connectivity index (χ4v) is 3.75. The van der Waals surface area contributed by atoms with E-state index in [0.29, 0.717) is 0 Å². The largest absolute Gasteiger partial charge is 0.353 e. The summed E-state index contributed by atoms with van der Waals surface area (Å²) in [6, 6.07) is 10.1. The molecule has 1 saturated heterocycles. The standard InChI is InChI=1S/C17H23N5O2S/c1-3-21-10-12-22(13-11-21)17-9-8-16(18-19-17)20-25(23,24)15-6-4-14(2)5-7-15/h4-9H,3,10-13H2,1-2H3,(H,18,20). The molecule has 1 fully saturated rings. The van der Waals surface area contributed by atoms with Gasteiger partial charge in [-0.2, -0.15) is 0 Å². The van der Waals surface area contributed by atoms with Gasteiger partial charge in [0.15, 0.2) is 11.6 Å². The van der Waals surface area contributed by atoms with Crippen molar-refractivity contribution < 1.29 is 8.42 Å². The van der Waals surface area contributed by atoms with E-state index in [0.717, 1.165) is 44.1 Å². The Labute approximate surface area is 148 Å². The summed E-state index contributed by atoms with van der Waals surface area (Å²) in [6.07, 6.45) is 0. The maximum atomic E-state index is 12.4. The Hall–Kier alpha value is -2.19. The molecule has 3 rings (SSSR count). The first kappa shape index (κ1) is 17.6. The zero-order chi connectivity index (χ0) is 17.9. The number of nitrogens with one attached hydrogen (secondary N) is 1. The van der Waals surface area contributed by atoms with E-state index >= 15 is 0 Å². The van der Waals surface area contributed by atoms with Crippen LogP contribution in [0.1, 0.15) is 12.5 Å². The third-order valence-electron chi connectivity index (χ3n) is 4.36.